The van der Waals surface area contributed by atoms with Crippen LogP contribution in [0.1, 0.15) is 40.0 Å². The molecule has 134 valence electrons. The third-order valence-corrected chi connectivity index (χ3v) is 5.96. The van der Waals surface area contributed by atoms with Crippen molar-refractivity contribution in [2.75, 3.05) is 65.4 Å². The molecule has 0 aromatic carbocycles. The predicted molar refractivity (Wildman–Crippen MR) is 97.9 cm³/mol. The molecule has 4 heteroatoms. The Morgan fingerprint density at radius 1 is 0.913 bits per heavy atom. The first-order valence-corrected chi connectivity index (χ1v) is 9.89. The molecular weight excluding hydrogens is 284 g/mol. The van der Waals surface area contributed by atoms with Crippen LogP contribution >= 0.6 is 0 Å². The van der Waals surface area contributed by atoms with Crippen LogP contribution in [0.15, 0.2) is 0 Å². The van der Waals surface area contributed by atoms with E-state index in [4.69, 9.17) is 0 Å². The molecule has 3 aliphatic rings. The highest BCUT2D eigenvalue weighted by molar-refractivity contribution is 4.86. The zero-order valence-electron chi connectivity index (χ0n) is 15.7. The Balaban J connectivity index is 1.28. The van der Waals surface area contributed by atoms with Crippen LogP contribution in [0.3, 0.4) is 0 Å². The largest absolute Gasteiger partial charge is 0.317 e. The van der Waals surface area contributed by atoms with Crippen molar-refractivity contribution in [1.29, 1.82) is 0 Å². The van der Waals surface area contributed by atoms with Gasteiger partial charge in [-0.2, -0.15) is 0 Å². The summed E-state index contributed by atoms with van der Waals surface area (Å²) in [5.41, 5.74) is 0.482. The van der Waals surface area contributed by atoms with E-state index < -0.39 is 0 Å². The van der Waals surface area contributed by atoms with Gasteiger partial charge in [-0.3, -0.25) is 4.90 Å². The molecular formula is C19H38N4. The van der Waals surface area contributed by atoms with Gasteiger partial charge in [0.05, 0.1) is 0 Å². The second kappa shape index (κ2) is 7.81. The molecule has 3 fully saturated rings. The molecule has 0 atom stereocenters. The van der Waals surface area contributed by atoms with Gasteiger partial charge in [0.15, 0.2) is 0 Å². The highest BCUT2D eigenvalue weighted by Crippen LogP contribution is 2.24. The monoisotopic (exact) mass is 322 g/mol. The van der Waals surface area contributed by atoms with E-state index in [1.807, 2.05) is 0 Å². The van der Waals surface area contributed by atoms with Gasteiger partial charge in [-0.1, -0.05) is 20.8 Å². The fourth-order valence-corrected chi connectivity index (χ4v) is 4.32. The standard InChI is InChI=1S/C19H38N4/c1-19(2,3)6-9-22-15-17(16-22)14-21-10-12-23(13-11-21)18-4-7-20-8-5-18/h17-18,20H,4-16H2,1-3H3. The number of rotatable bonds is 5. The molecule has 3 heterocycles. The number of hydrogen-bond acceptors (Lipinski definition) is 4. The van der Waals surface area contributed by atoms with Crippen LogP contribution in [0.5, 0.6) is 0 Å². The van der Waals surface area contributed by atoms with Crippen molar-refractivity contribution in [3.8, 4) is 0 Å². The molecule has 0 saturated carbocycles. The molecule has 0 aromatic heterocycles. The summed E-state index contributed by atoms with van der Waals surface area (Å²) in [6, 6.07) is 0.856. The van der Waals surface area contributed by atoms with Crippen LogP contribution in [0.4, 0.5) is 0 Å². The predicted octanol–water partition coefficient (Wildman–Crippen LogP) is 1.72. The topological polar surface area (TPSA) is 21.8 Å². The van der Waals surface area contributed by atoms with Gasteiger partial charge in [-0.25, -0.2) is 0 Å². The van der Waals surface area contributed by atoms with E-state index in [0.29, 0.717) is 5.41 Å². The normalized spacial score (nSPS) is 27.3. The number of piperazine rings is 1. The first-order valence-electron chi connectivity index (χ1n) is 9.89. The molecule has 0 unspecified atom stereocenters. The van der Waals surface area contributed by atoms with Crippen molar-refractivity contribution in [3.63, 3.8) is 0 Å². The van der Waals surface area contributed by atoms with E-state index in [2.05, 4.69) is 40.8 Å². The minimum absolute atomic E-state index is 0.482. The highest BCUT2D eigenvalue weighted by Gasteiger charge is 2.31. The Labute approximate surface area is 143 Å². The Kier molecular flexibility index (Phi) is 6.00. The molecule has 4 nitrogen and oxygen atoms in total. The van der Waals surface area contributed by atoms with Gasteiger partial charge in [0.1, 0.15) is 0 Å². The van der Waals surface area contributed by atoms with Gasteiger partial charge in [0.25, 0.3) is 0 Å². The Hall–Kier alpha value is -0.160. The second-order valence-corrected chi connectivity index (χ2v) is 9.25. The first kappa shape index (κ1) is 17.7. The Morgan fingerprint density at radius 2 is 1.57 bits per heavy atom. The van der Waals surface area contributed by atoms with Crippen LogP contribution < -0.4 is 5.32 Å². The number of hydrogen-bond donors (Lipinski definition) is 1. The summed E-state index contributed by atoms with van der Waals surface area (Å²) in [7, 11) is 0. The molecule has 0 bridgehead atoms. The van der Waals surface area contributed by atoms with E-state index in [0.717, 1.165) is 12.0 Å². The molecule has 3 saturated heterocycles. The molecule has 3 rings (SSSR count). The average molecular weight is 323 g/mol. The lowest BCUT2D eigenvalue weighted by Gasteiger charge is -2.45. The zero-order chi connectivity index (χ0) is 16.3. The van der Waals surface area contributed by atoms with Crippen molar-refractivity contribution in [2.45, 2.75) is 46.1 Å². The van der Waals surface area contributed by atoms with Crippen molar-refractivity contribution >= 4 is 0 Å². The van der Waals surface area contributed by atoms with Crippen LogP contribution in [0, 0.1) is 11.3 Å². The Morgan fingerprint density at radius 3 is 2.17 bits per heavy atom. The third kappa shape index (κ3) is 5.42. The fraction of sp³-hybridized carbons (Fsp3) is 1.00. The lowest BCUT2D eigenvalue weighted by Crippen LogP contribution is -2.56. The van der Waals surface area contributed by atoms with Gasteiger partial charge in [0.2, 0.25) is 0 Å². The average Bonchev–Trinajstić information content (AvgIpc) is 2.50. The Bertz CT molecular complexity index is 345. The maximum Gasteiger partial charge on any atom is 0.0120 e. The van der Waals surface area contributed by atoms with Crippen LogP contribution in [-0.2, 0) is 0 Å². The van der Waals surface area contributed by atoms with Crippen molar-refractivity contribution < 1.29 is 0 Å². The van der Waals surface area contributed by atoms with E-state index in [1.165, 1.54) is 84.7 Å². The van der Waals surface area contributed by atoms with E-state index >= 15 is 0 Å². The minimum Gasteiger partial charge on any atom is -0.317 e. The van der Waals surface area contributed by atoms with Gasteiger partial charge < -0.3 is 15.1 Å². The van der Waals surface area contributed by atoms with Gasteiger partial charge in [0, 0.05) is 51.9 Å². The zero-order valence-corrected chi connectivity index (χ0v) is 15.7. The molecule has 0 radical (unpaired) electrons. The van der Waals surface area contributed by atoms with Crippen molar-refractivity contribution in [3.05, 3.63) is 0 Å². The van der Waals surface area contributed by atoms with Crippen LogP contribution in [0.2, 0.25) is 0 Å². The summed E-state index contributed by atoms with van der Waals surface area (Å²) in [6.07, 6.45) is 4.03. The maximum atomic E-state index is 3.49. The van der Waals surface area contributed by atoms with Gasteiger partial charge in [-0.15, -0.1) is 0 Å². The molecule has 0 aromatic rings. The summed E-state index contributed by atoms with van der Waals surface area (Å²) >= 11 is 0. The molecule has 1 N–H and O–H groups in total. The van der Waals surface area contributed by atoms with Crippen LogP contribution in [-0.4, -0.2) is 86.2 Å². The fourth-order valence-electron chi connectivity index (χ4n) is 4.32. The summed E-state index contributed by atoms with van der Waals surface area (Å²) in [6.45, 7) is 20.0. The SMILES string of the molecule is CC(C)(C)CCN1CC(CN2CCN(C3CCNCC3)CC2)C1. The molecule has 23 heavy (non-hydrogen) atoms. The van der Waals surface area contributed by atoms with E-state index in [-0.39, 0.29) is 0 Å². The molecule has 0 aliphatic carbocycles. The van der Waals surface area contributed by atoms with Crippen LogP contribution in [0.25, 0.3) is 0 Å². The molecule has 3 aliphatic heterocycles. The quantitative estimate of drug-likeness (QED) is 0.832. The first-order chi connectivity index (χ1) is 11.0. The smallest absolute Gasteiger partial charge is 0.0120 e. The summed E-state index contributed by atoms with van der Waals surface area (Å²) < 4.78 is 0. The van der Waals surface area contributed by atoms with E-state index in [1.54, 1.807) is 0 Å². The van der Waals surface area contributed by atoms with Gasteiger partial charge >= 0.3 is 0 Å². The molecule has 0 spiro atoms. The second-order valence-electron chi connectivity index (χ2n) is 9.25. The summed E-state index contributed by atoms with van der Waals surface area (Å²) in [5.74, 6) is 0.931. The number of likely N-dealkylation sites (tertiary alicyclic amines) is 1. The number of piperidine rings is 1. The highest BCUT2D eigenvalue weighted by atomic mass is 15.3. The van der Waals surface area contributed by atoms with Crippen molar-refractivity contribution in [1.82, 2.24) is 20.0 Å². The number of nitrogens with one attached hydrogen (secondary N) is 1. The summed E-state index contributed by atoms with van der Waals surface area (Å²) in [4.78, 5) is 8.14. The number of nitrogens with zero attached hydrogens (tertiary/aromatic N) is 3. The van der Waals surface area contributed by atoms with Crippen molar-refractivity contribution in [2.24, 2.45) is 11.3 Å². The minimum atomic E-state index is 0.482. The lowest BCUT2D eigenvalue weighted by molar-refractivity contribution is 0.0294. The maximum absolute atomic E-state index is 3.49. The van der Waals surface area contributed by atoms with Gasteiger partial charge in [-0.05, 0) is 50.2 Å². The lowest BCUT2D eigenvalue weighted by atomic mass is 9.90. The van der Waals surface area contributed by atoms with E-state index in [9.17, 15) is 0 Å². The third-order valence-electron chi connectivity index (χ3n) is 5.96. The molecule has 0 amide bonds. The summed E-state index contributed by atoms with van der Waals surface area (Å²) in [5, 5.41) is 3.49.